The third-order valence-electron chi connectivity index (χ3n) is 2.40. The van der Waals surface area contributed by atoms with Crippen LogP contribution in [0.2, 0.25) is 0 Å². The number of nitrogens with zero attached hydrogens (tertiary/aromatic N) is 3. The summed E-state index contributed by atoms with van der Waals surface area (Å²) in [6.45, 7) is 1.25. The predicted octanol–water partition coefficient (Wildman–Crippen LogP) is -2.27. The lowest BCUT2D eigenvalue weighted by atomic mass is 9.83. The fourth-order valence-electron chi connectivity index (χ4n) is 1.55. The van der Waals surface area contributed by atoms with E-state index in [0.29, 0.717) is 18.9 Å². The fraction of sp³-hybridized carbons (Fsp3) is 0.500. The average Bonchev–Trinajstić information content (AvgIpc) is 2.65. The molecule has 7 heteroatoms. The lowest BCUT2D eigenvalue weighted by Crippen LogP contribution is -2.32. The summed E-state index contributed by atoms with van der Waals surface area (Å²) in [6.07, 6.45) is 3.14. The van der Waals surface area contributed by atoms with Crippen molar-refractivity contribution in [2.45, 2.75) is 12.5 Å². The van der Waals surface area contributed by atoms with Gasteiger partial charge < -0.3 is 20.1 Å². The standard InChI is InChI=1S/C8H12BN3O3/c13-7-1-2-12(5-7)8-10-3-6(4-11-8)9(14)15/h3-4,7,13-15H,1-2,5H2/t7-/m1/s1. The Kier molecular flexibility index (Phi) is 2.85. The number of anilines is 1. The van der Waals surface area contributed by atoms with E-state index in [4.69, 9.17) is 10.0 Å². The minimum absolute atomic E-state index is 0.262. The second-order valence-corrected chi connectivity index (χ2v) is 3.58. The van der Waals surface area contributed by atoms with Crippen molar-refractivity contribution >= 4 is 18.5 Å². The highest BCUT2D eigenvalue weighted by Gasteiger charge is 2.22. The zero-order valence-electron chi connectivity index (χ0n) is 8.11. The third-order valence-corrected chi connectivity index (χ3v) is 2.40. The molecule has 1 fully saturated rings. The maximum atomic E-state index is 9.33. The topological polar surface area (TPSA) is 89.7 Å². The van der Waals surface area contributed by atoms with Crippen molar-refractivity contribution in [2.24, 2.45) is 0 Å². The van der Waals surface area contributed by atoms with Crippen molar-refractivity contribution in [3.8, 4) is 0 Å². The molecule has 1 aromatic heterocycles. The molecule has 0 bridgehead atoms. The van der Waals surface area contributed by atoms with Gasteiger partial charge in [-0.1, -0.05) is 0 Å². The first-order valence-corrected chi connectivity index (χ1v) is 4.78. The molecule has 0 amide bonds. The summed E-state index contributed by atoms with van der Waals surface area (Å²) < 4.78 is 0. The summed E-state index contributed by atoms with van der Waals surface area (Å²) in [5.41, 5.74) is 0.262. The average molecular weight is 209 g/mol. The maximum absolute atomic E-state index is 9.33. The Labute approximate surface area is 87.4 Å². The van der Waals surface area contributed by atoms with E-state index in [2.05, 4.69) is 9.97 Å². The molecule has 0 spiro atoms. The number of aromatic nitrogens is 2. The van der Waals surface area contributed by atoms with Gasteiger partial charge in [0.05, 0.1) is 6.10 Å². The second kappa shape index (κ2) is 4.14. The lowest BCUT2D eigenvalue weighted by Gasteiger charge is -2.14. The van der Waals surface area contributed by atoms with Gasteiger partial charge in [-0.2, -0.15) is 0 Å². The van der Waals surface area contributed by atoms with Crippen molar-refractivity contribution in [1.82, 2.24) is 9.97 Å². The van der Waals surface area contributed by atoms with Crippen molar-refractivity contribution in [3.05, 3.63) is 12.4 Å². The van der Waals surface area contributed by atoms with Gasteiger partial charge in [0.25, 0.3) is 0 Å². The molecule has 0 aliphatic carbocycles. The minimum atomic E-state index is -1.54. The van der Waals surface area contributed by atoms with Gasteiger partial charge in [0.15, 0.2) is 0 Å². The molecule has 3 N–H and O–H groups in total. The second-order valence-electron chi connectivity index (χ2n) is 3.58. The van der Waals surface area contributed by atoms with E-state index < -0.39 is 7.12 Å². The van der Waals surface area contributed by atoms with Crippen LogP contribution in [-0.4, -0.2) is 51.4 Å². The minimum Gasteiger partial charge on any atom is -0.423 e. The number of aliphatic hydroxyl groups excluding tert-OH is 1. The Morgan fingerprint density at radius 2 is 2.00 bits per heavy atom. The molecule has 80 valence electrons. The smallest absolute Gasteiger partial charge is 0.423 e. The maximum Gasteiger partial charge on any atom is 0.491 e. The van der Waals surface area contributed by atoms with E-state index in [1.54, 1.807) is 0 Å². The van der Waals surface area contributed by atoms with E-state index in [-0.39, 0.29) is 11.6 Å². The Bertz CT molecular complexity index is 332. The van der Waals surface area contributed by atoms with Gasteiger partial charge in [0.2, 0.25) is 5.95 Å². The van der Waals surface area contributed by atoms with Crippen LogP contribution in [0.3, 0.4) is 0 Å². The van der Waals surface area contributed by atoms with Crippen molar-refractivity contribution in [1.29, 1.82) is 0 Å². The Morgan fingerprint density at radius 3 is 2.47 bits per heavy atom. The van der Waals surface area contributed by atoms with Gasteiger partial charge in [-0.05, 0) is 6.42 Å². The van der Waals surface area contributed by atoms with Gasteiger partial charge >= 0.3 is 7.12 Å². The lowest BCUT2D eigenvalue weighted by molar-refractivity contribution is 0.198. The molecular formula is C8H12BN3O3. The Balaban J connectivity index is 2.10. The summed E-state index contributed by atoms with van der Waals surface area (Å²) in [6, 6.07) is 0. The first-order chi connectivity index (χ1) is 7.16. The van der Waals surface area contributed by atoms with E-state index in [9.17, 15) is 5.11 Å². The first kappa shape index (κ1) is 10.3. The van der Waals surface area contributed by atoms with Gasteiger partial charge in [-0.25, -0.2) is 9.97 Å². The van der Waals surface area contributed by atoms with Crippen LogP contribution in [0.4, 0.5) is 5.95 Å². The van der Waals surface area contributed by atoms with Gasteiger partial charge in [0.1, 0.15) is 0 Å². The zero-order valence-corrected chi connectivity index (χ0v) is 8.11. The molecule has 0 aromatic carbocycles. The van der Waals surface area contributed by atoms with E-state index in [1.807, 2.05) is 4.90 Å². The van der Waals surface area contributed by atoms with Crippen LogP contribution in [-0.2, 0) is 0 Å². The molecule has 2 rings (SSSR count). The number of β-amino-alcohol motifs (C(OH)–C–C–N with tert-alkyl or cyclic N) is 1. The predicted molar refractivity (Wildman–Crippen MR) is 54.7 cm³/mol. The zero-order chi connectivity index (χ0) is 10.8. The van der Waals surface area contributed by atoms with Crippen LogP contribution in [0.5, 0.6) is 0 Å². The largest absolute Gasteiger partial charge is 0.491 e. The van der Waals surface area contributed by atoms with Crippen LogP contribution in [0.25, 0.3) is 0 Å². The van der Waals surface area contributed by atoms with Crippen LogP contribution < -0.4 is 10.4 Å². The molecule has 1 aliphatic rings. The molecule has 0 unspecified atom stereocenters. The van der Waals surface area contributed by atoms with Gasteiger partial charge in [0, 0.05) is 30.9 Å². The molecule has 6 nitrogen and oxygen atoms in total. The van der Waals surface area contributed by atoms with E-state index in [0.717, 1.165) is 6.54 Å². The van der Waals surface area contributed by atoms with Crippen molar-refractivity contribution in [2.75, 3.05) is 18.0 Å². The van der Waals surface area contributed by atoms with Crippen molar-refractivity contribution in [3.63, 3.8) is 0 Å². The molecule has 0 radical (unpaired) electrons. The molecular weight excluding hydrogens is 197 g/mol. The summed E-state index contributed by atoms with van der Waals surface area (Å²) >= 11 is 0. The summed E-state index contributed by atoms with van der Waals surface area (Å²) in [4.78, 5) is 9.86. The normalized spacial score (nSPS) is 20.7. The number of aliphatic hydroxyl groups is 1. The van der Waals surface area contributed by atoms with Crippen LogP contribution in [0.1, 0.15) is 6.42 Å². The number of rotatable bonds is 2. The number of hydrogen-bond acceptors (Lipinski definition) is 6. The van der Waals surface area contributed by atoms with Crippen molar-refractivity contribution < 1.29 is 15.2 Å². The van der Waals surface area contributed by atoms with Crippen LogP contribution >= 0.6 is 0 Å². The Morgan fingerprint density at radius 1 is 1.33 bits per heavy atom. The van der Waals surface area contributed by atoms with Gasteiger partial charge in [-0.3, -0.25) is 0 Å². The van der Waals surface area contributed by atoms with Crippen LogP contribution in [0.15, 0.2) is 12.4 Å². The highest BCUT2D eigenvalue weighted by molar-refractivity contribution is 6.58. The molecule has 1 aliphatic heterocycles. The monoisotopic (exact) mass is 209 g/mol. The molecule has 0 saturated carbocycles. The first-order valence-electron chi connectivity index (χ1n) is 4.78. The fourth-order valence-corrected chi connectivity index (χ4v) is 1.55. The molecule has 15 heavy (non-hydrogen) atoms. The highest BCUT2D eigenvalue weighted by atomic mass is 16.4. The summed E-state index contributed by atoms with van der Waals surface area (Å²) in [5, 5.41) is 27.0. The quantitative estimate of drug-likeness (QED) is 0.476. The summed E-state index contributed by atoms with van der Waals surface area (Å²) in [7, 11) is -1.54. The molecule has 2 heterocycles. The molecule has 1 saturated heterocycles. The third kappa shape index (κ3) is 2.25. The number of hydrogen-bond donors (Lipinski definition) is 3. The van der Waals surface area contributed by atoms with Gasteiger partial charge in [-0.15, -0.1) is 0 Å². The molecule has 1 atom stereocenters. The van der Waals surface area contributed by atoms with Crippen LogP contribution in [0, 0.1) is 0 Å². The summed E-state index contributed by atoms with van der Waals surface area (Å²) in [5.74, 6) is 0.510. The van der Waals surface area contributed by atoms with E-state index in [1.165, 1.54) is 12.4 Å². The highest BCUT2D eigenvalue weighted by Crippen LogP contribution is 2.14. The Hall–Kier alpha value is -1.18. The molecule has 1 aromatic rings. The SMILES string of the molecule is OB(O)c1cnc(N2CC[C@@H](O)C2)nc1. The van der Waals surface area contributed by atoms with E-state index >= 15 is 0 Å².